The highest BCUT2D eigenvalue weighted by atomic mass is 35.5. The smallest absolute Gasteiger partial charge is 0.174 e. The zero-order valence-corrected chi connectivity index (χ0v) is 6.16. The lowest BCUT2D eigenvalue weighted by atomic mass is 10.00. The van der Waals surface area contributed by atoms with Gasteiger partial charge in [0.15, 0.2) is 5.78 Å². The van der Waals surface area contributed by atoms with Crippen LogP contribution in [0.4, 0.5) is 0 Å². The first kappa shape index (κ1) is 6.81. The normalized spacial score (nSPS) is 20.9. The van der Waals surface area contributed by atoms with Crippen molar-refractivity contribution in [1.29, 1.82) is 0 Å². The van der Waals surface area contributed by atoms with Gasteiger partial charge in [0.2, 0.25) is 0 Å². The van der Waals surface area contributed by atoms with Crippen molar-refractivity contribution >= 4 is 17.4 Å². The Kier molecular flexibility index (Phi) is 1.91. The van der Waals surface area contributed by atoms with Gasteiger partial charge in [0.1, 0.15) is 0 Å². The molecule has 0 heterocycles. The van der Waals surface area contributed by atoms with Crippen molar-refractivity contribution in [2.45, 2.75) is 26.2 Å². The summed E-state index contributed by atoms with van der Waals surface area (Å²) in [6, 6.07) is 0. The molecule has 0 unspecified atom stereocenters. The van der Waals surface area contributed by atoms with Gasteiger partial charge in [-0.25, -0.2) is 0 Å². The fraction of sp³-hybridized carbons (Fsp3) is 0.571. The summed E-state index contributed by atoms with van der Waals surface area (Å²) < 4.78 is 0. The summed E-state index contributed by atoms with van der Waals surface area (Å²) in [6.45, 7) is 1.92. The molecule has 2 heteroatoms. The Morgan fingerprint density at radius 3 is 2.56 bits per heavy atom. The van der Waals surface area contributed by atoms with Crippen molar-refractivity contribution in [3.63, 3.8) is 0 Å². The minimum absolute atomic E-state index is 0.111. The largest absolute Gasteiger partial charge is 0.293 e. The molecule has 1 aliphatic rings. The number of rotatable bonds is 0. The Labute approximate surface area is 59.7 Å². The average molecular weight is 145 g/mol. The highest BCUT2D eigenvalue weighted by Gasteiger charge is 2.14. The highest BCUT2D eigenvalue weighted by molar-refractivity contribution is 6.43. The second-order valence-corrected chi connectivity index (χ2v) is 2.75. The van der Waals surface area contributed by atoms with Gasteiger partial charge in [0.25, 0.3) is 0 Å². The molecule has 0 atom stereocenters. The molecule has 1 rings (SSSR count). The summed E-state index contributed by atoms with van der Waals surface area (Å²) in [5.41, 5.74) is 1.05. The Hall–Kier alpha value is -0.300. The van der Waals surface area contributed by atoms with E-state index in [2.05, 4.69) is 0 Å². The molecule has 0 aliphatic heterocycles. The second-order valence-electron chi connectivity index (χ2n) is 2.37. The van der Waals surface area contributed by atoms with Crippen LogP contribution >= 0.6 is 11.6 Å². The van der Waals surface area contributed by atoms with E-state index in [1.54, 1.807) is 0 Å². The third-order valence-electron chi connectivity index (χ3n) is 1.58. The molecular weight excluding hydrogens is 136 g/mol. The van der Waals surface area contributed by atoms with Gasteiger partial charge in [-0.05, 0) is 19.8 Å². The molecule has 0 aromatic carbocycles. The number of hydrogen-bond donors (Lipinski definition) is 0. The Bertz CT molecular complexity index is 170. The van der Waals surface area contributed by atoms with Crippen LogP contribution in [0.25, 0.3) is 0 Å². The Morgan fingerprint density at radius 2 is 2.11 bits per heavy atom. The fourth-order valence-corrected chi connectivity index (χ4v) is 1.16. The van der Waals surface area contributed by atoms with Gasteiger partial charge in [0.05, 0.1) is 5.03 Å². The molecule has 1 nitrogen and oxygen atoms in total. The van der Waals surface area contributed by atoms with Crippen molar-refractivity contribution in [3.05, 3.63) is 10.6 Å². The topological polar surface area (TPSA) is 17.1 Å². The lowest BCUT2D eigenvalue weighted by molar-refractivity contribution is -0.115. The van der Waals surface area contributed by atoms with E-state index in [4.69, 9.17) is 11.6 Å². The van der Waals surface area contributed by atoms with Crippen LogP contribution in [-0.4, -0.2) is 5.78 Å². The minimum atomic E-state index is 0.111. The number of hydrogen-bond acceptors (Lipinski definition) is 1. The molecule has 1 aliphatic carbocycles. The minimum Gasteiger partial charge on any atom is -0.293 e. The highest BCUT2D eigenvalue weighted by Crippen LogP contribution is 2.23. The van der Waals surface area contributed by atoms with Crippen LogP contribution in [-0.2, 0) is 4.79 Å². The summed E-state index contributed by atoms with van der Waals surface area (Å²) in [7, 11) is 0. The molecule has 0 spiro atoms. The van der Waals surface area contributed by atoms with Crippen molar-refractivity contribution < 1.29 is 4.79 Å². The van der Waals surface area contributed by atoms with E-state index < -0.39 is 0 Å². The standard InChI is InChI=1S/C7H9ClO/c1-5-3-2-4-6(9)7(5)8/h2-4H2,1H3. The van der Waals surface area contributed by atoms with Crippen LogP contribution in [0, 0.1) is 0 Å². The van der Waals surface area contributed by atoms with Gasteiger partial charge in [-0.2, -0.15) is 0 Å². The lowest BCUT2D eigenvalue weighted by Crippen LogP contribution is -2.05. The molecule has 0 N–H and O–H groups in total. The van der Waals surface area contributed by atoms with Crippen molar-refractivity contribution in [2.75, 3.05) is 0 Å². The summed E-state index contributed by atoms with van der Waals surface area (Å²) in [6.07, 6.45) is 2.60. The van der Waals surface area contributed by atoms with E-state index >= 15 is 0 Å². The molecule has 0 saturated carbocycles. The van der Waals surface area contributed by atoms with Crippen LogP contribution in [0.3, 0.4) is 0 Å². The van der Waals surface area contributed by atoms with Gasteiger partial charge in [-0.1, -0.05) is 17.2 Å². The van der Waals surface area contributed by atoms with E-state index in [1.165, 1.54) is 0 Å². The van der Waals surface area contributed by atoms with E-state index in [0.29, 0.717) is 11.5 Å². The predicted molar refractivity (Wildman–Crippen MR) is 37.4 cm³/mol. The third kappa shape index (κ3) is 1.33. The monoisotopic (exact) mass is 144 g/mol. The lowest BCUT2D eigenvalue weighted by Gasteiger charge is -2.09. The maximum atomic E-state index is 10.8. The van der Waals surface area contributed by atoms with Gasteiger partial charge < -0.3 is 0 Å². The molecule has 0 radical (unpaired) electrons. The first-order chi connectivity index (χ1) is 4.22. The molecule has 0 amide bonds. The number of Topliss-reactive ketones (excluding diaryl/α,β-unsaturated/α-hetero) is 1. The maximum Gasteiger partial charge on any atom is 0.174 e. The van der Waals surface area contributed by atoms with Crippen molar-refractivity contribution in [3.8, 4) is 0 Å². The van der Waals surface area contributed by atoms with E-state index in [0.717, 1.165) is 18.4 Å². The molecule has 0 aromatic heterocycles. The van der Waals surface area contributed by atoms with E-state index in [1.807, 2.05) is 6.92 Å². The maximum absolute atomic E-state index is 10.8. The number of carbonyl (C=O) groups excluding carboxylic acids is 1. The summed E-state index contributed by atoms with van der Waals surface area (Å²) in [4.78, 5) is 10.8. The molecule has 0 aromatic rings. The third-order valence-corrected chi connectivity index (χ3v) is 2.11. The number of ketones is 1. The van der Waals surface area contributed by atoms with Crippen LogP contribution in [0.5, 0.6) is 0 Å². The van der Waals surface area contributed by atoms with Crippen LogP contribution < -0.4 is 0 Å². The second kappa shape index (κ2) is 2.53. The molecule has 0 saturated heterocycles. The molecule has 50 valence electrons. The quantitative estimate of drug-likeness (QED) is 0.510. The number of allylic oxidation sites excluding steroid dienone is 2. The summed E-state index contributed by atoms with van der Waals surface area (Å²) >= 11 is 5.65. The molecular formula is C7H9ClO. The number of halogens is 1. The molecule has 0 bridgehead atoms. The van der Waals surface area contributed by atoms with Crippen LogP contribution in [0.15, 0.2) is 10.6 Å². The summed E-state index contributed by atoms with van der Waals surface area (Å²) in [5, 5.41) is 0.473. The van der Waals surface area contributed by atoms with Crippen molar-refractivity contribution in [2.24, 2.45) is 0 Å². The van der Waals surface area contributed by atoms with Gasteiger partial charge in [-0.3, -0.25) is 4.79 Å². The summed E-state index contributed by atoms with van der Waals surface area (Å²) in [5.74, 6) is 0.111. The average Bonchev–Trinajstić information content (AvgIpc) is 1.83. The van der Waals surface area contributed by atoms with Gasteiger partial charge >= 0.3 is 0 Å². The zero-order chi connectivity index (χ0) is 6.85. The van der Waals surface area contributed by atoms with Crippen LogP contribution in [0.1, 0.15) is 26.2 Å². The molecule has 9 heavy (non-hydrogen) atoms. The number of carbonyl (C=O) groups is 1. The van der Waals surface area contributed by atoms with Gasteiger partial charge in [0, 0.05) is 6.42 Å². The Morgan fingerprint density at radius 1 is 1.44 bits per heavy atom. The molecule has 0 fully saturated rings. The van der Waals surface area contributed by atoms with E-state index in [-0.39, 0.29) is 5.78 Å². The fourth-order valence-electron chi connectivity index (χ4n) is 0.972. The Balaban J connectivity index is 2.84. The van der Waals surface area contributed by atoms with Gasteiger partial charge in [-0.15, -0.1) is 0 Å². The van der Waals surface area contributed by atoms with Crippen molar-refractivity contribution in [1.82, 2.24) is 0 Å². The van der Waals surface area contributed by atoms with Crippen LogP contribution in [0.2, 0.25) is 0 Å². The first-order valence-corrected chi connectivity index (χ1v) is 3.48. The SMILES string of the molecule is CC1=C(Cl)C(=O)CCC1. The van der Waals surface area contributed by atoms with E-state index in [9.17, 15) is 4.79 Å². The zero-order valence-electron chi connectivity index (χ0n) is 5.41. The predicted octanol–water partition coefficient (Wildman–Crippen LogP) is 2.25. The first-order valence-electron chi connectivity index (χ1n) is 3.10.